The van der Waals surface area contributed by atoms with E-state index in [2.05, 4.69) is 25.8 Å². The summed E-state index contributed by atoms with van der Waals surface area (Å²) in [6.07, 6.45) is -0.337. The van der Waals surface area contributed by atoms with Crippen LogP contribution in [0.4, 0.5) is 41.6 Å². The normalized spacial score (nSPS) is 11.8. The minimum Gasteiger partial charge on any atom is -0.508 e. The van der Waals surface area contributed by atoms with Crippen LogP contribution in [0.2, 0.25) is 0 Å². The highest BCUT2D eigenvalue weighted by Gasteiger charge is 2.35. The lowest BCUT2D eigenvalue weighted by Gasteiger charge is -2.14. The molecule has 0 aliphatic carbocycles. The Morgan fingerprint density at radius 3 is 1.79 bits per heavy atom. The van der Waals surface area contributed by atoms with Gasteiger partial charge in [-0.25, -0.2) is 9.59 Å². The molecule has 6 aromatic rings. The van der Waals surface area contributed by atoms with Crippen LogP contribution in [0.15, 0.2) is 142 Å². The maximum atomic E-state index is 14.1. The largest absolute Gasteiger partial charge is 0.508 e. The number of esters is 3. The van der Waals surface area contributed by atoms with Gasteiger partial charge < -0.3 is 35.1 Å². The van der Waals surface area contributed by atoms with Crippen LogP contribution in [0, 0.1) is 12.8 Å². The van der Waals surface area contributed by atoms with Gasteiger partial charge in [-0.3, -0.25) is 14.4 Å². The molecule has 0 aliphatic rings. The molecule has 0 fully saturated rings. The molecule has 0 heterocycles. The Morgan fingerprint density at radius 2 is 1.21 bits per heavy atom. The van der Waals surface area contributed by atoms with Crippen LogP contribution in [0.25, 0.3) is 11.1 Å². The highest BCUT2D eigenvalue weighted by Crippen LogP contribution is 2.40. The molecule has 6 rings (SSSR count). The number of rotatable bonds is 22. The number of nitrogens with one attached hydrogen (secondary N) is 1. The zero-order valence-electron chi connectivity index (χ0n) is 39.3. The van der Waals surface area contributed by atoms with Crippen molar-refractivity contribution in [3.05, 3.63) is 149 Å². The second kappa shape index (κ2) is 24.7. The molecule has 16 nitrogen and oxygen atoms in total. The van der Waals surface area contributed by atoms with Crippen molar-refractivity contribution in [3.63, 3.8) is 0 Å². The minimum atomic E-state index is -4.94. The number of azo groups is 2. The molecule has 1 atom stereocenters. The molecule has 0 aliphatic heterocycles. The second-order valence-electron chi connectivity index (χ2n) is 16.2. The Hall–Kier alpha value is -8.74. The standard InChI is InChI=1S/C53H49F3N6O10/c1-4-32(2)50(66)70-26-8-6-5-7-25-69-41-19-11-35(12-20-41)51(67)71-47-23-15-36(27-33(47)3)59-60-37-13-21-42(44(28-37)49(57)65)43-22-14-39(30-46(43)58-31-63)62-61-38-16-24-48(45(29-38)53(54,55)56)72-52(68)34-9-17-40(64)18-10-34/h9-24,27-32,64H,4-8,25-26H2,1-3H3,(H2,57,65)(H,58,63). The van der Waals surface area contributed by atoms with E-state index in [4.69, 9.17) is 24.7 Å². The van der Waals surface area contributed by atoms with Crippen molar-refractivity contribution in [2.45, 2.75) is 59.1 Å². The number of hydrogen-bond donors (Lipinski definition) is 3. The topological polar surface area (TPSA) is 230 Å². The van der Waals surface area contributed by atoms with E-state index < -0.39 is 35.3 Å². The number of aryl methyl sites for hydroxylation is 1. The Kier molecular flexibility index (Phi) is 18.1. The molecule has 1 unspecified atom stereocenters. The van der Waals surface area contributed by atoms with Crippen LogP contribution in [-0.2, 0) is 20.5 Å². The lowest BCUT2D eigenvalue weighted by molar-refractivity contribution is -0.148. The van der Waals surface area contributed by atoms with Gasteiger partial charge in [-0.05, 0) is 159 Å². The number of carbonyl (C=O) groups is 5. The average Bonchev–Trinajstić information content (AvgIpc) is 3.36. The van der Waals surface area contributed by atoms with Crippen molar-refractivity contribution < 1.29 is 61.2 Å². The van der Waals surface area contributed by atoms with Crippen LogP contribution in [0.3, 0.4) is 0 Å². The van der Waals surface area contributed by atoms with Crippen LogP contribution < -0.4 is 25.3 Å². The Balaban J connectivity index is 1.06. The van der Waals surface area contributed by atoms with E-state index in [0.29, 0.717) is 65.1 Å². The van der Waals surface area contributed by atoms with E-state index in [9.17, 15) is 42.3 Å². The first kappa shape index (κ1) is 52.6. The molecule has 0 saturated heterocycles. The summed E-state index contributed by atoms with van der Waals surface area (Å²) in [5, 5.41) is 28.5. The van der Waals surface area contributed by atoms with E-state index in [1.807, 2.05) is 13.8 Å². The van der Waals surface area contributed by atoms with Gasteiger partial charge in [0.1, 0.15) is 28.6 Å². The number of anilines is 1. The van der Waals surface area contributed by atoms with Gasteiger partial charge in [0.05, 0.1) is 58.7 Å². The molecular weight excluding hydrogens is 938 g/mol. The first-order chi connectivity index (χ1) is 34.5. The number of phenols is 1. The third kappa shape index (κ3) is 14.6. The summed E-state index contributed by atoms with van der Waals surface area (Å²) in [4.78, 5) is 61.7. The van der Waals surface area contributed by atoms with E-state index in [1.165, 1.54) is 48.5 Å². The van der Waals surface area contributed by atoms with E-state index in [-0.39, 0.29) is 51.5 Å². The zero-order chi connectivity index (χ0) is 51.8. The molecule has 2 amide bonds. The van der Waals surface area contributed by atoms with Gasteiger partial charge in [-0.1, -0.05) is 26.0 Å². The van der Waals surface area contributed by atoms with E-state index in [1.54, 1.807) is 61.5 Å². The fourth-order valence-corrected chi connectivity index (χ4v) is 6.81. The van der Waals surface area contributed by atoms with Crippen molar-refractivity contribution in [2.75, 3.05) is 18.5 Å². The number of hydrogen-bond acceptors (Lipinski definition) is 14. The average molecular weight is 987 g/mol. The number of phenolic OH excluding ortho intramolecular Hbond substituents is 1. The van der Waals surface area contributed by atoms with Gasteiger partial charge in [-0.2, -0.15) is 33.6 Å². The molecular formula is C53H49F3N6O10. The van der Waals surface area contributed by atoms with E-state index in [0.717, 1.165) is 44.2 Å². The summed E-state index contributed by atoms with van der Waals surface area (Å²) in [6.45, 7) is 6.46. The summed E-state index contributed by atoms with van der Waals surface area (Å²) in [5.74, 6) is -2.72. The van der Waals surface area contributed by atoms with Gasteiger partial charge in [0.15, 0.2) is 0 Å². The fraction of sp³-hybridized carbons (Fsp3) is 0.226. The summed E-state index contributed by atoms with van der Waals surface area (Å²) in [6, 6.07) is 27.8. The number of unbranched alkanes of at least 4 members (excludes halogenated alkanes) is 3. The Bertz CT molecular complexity index is 2980. The third-order valence-corrected chi connectivity index (χ3v) is 10.9. The maximum absolute atomic E-state index is 14.1. The van der Waals surface area contributed by atoms with Gasteiger partial charge in [-0.15, -0.1) is 0 Å². The van der Waals surface area contributed by atoms with Gasteiger partial charge in [0.2, 0.25) is 12.3 Å². The van der Waals surface area contributed by atoms with Crippen molar-refractivity contribution >= 4 is 58.7 Å². The van der Waals surface area contributed by atoms with Gasteiger partial charge >= 0.3 is 24.1 Å². The Morgan fingerprint density at radius 1 is 0.681 bits per heavy atom. The summed E-state index contributed by atoms with van der Waals surface area (Å²) < 4.78 is 63.9. The van der Waals surface area contributed by atoms with E-state index >= 15 is 0 Å². The molecule has 0 bridgehead atoms. The van der Waals surface area contributed by atoms with Crippen molar-refractivity contribution in [3.8, 4) is 34.1 Å². The molecule has 0 saturated carbocycles. The highest BCUT2D eigenvalue weighted by molar-refractivity contribution is 6.03. The number of alkyl halides is 3. The lowest BCUT2D eigenvalue weighted by Crippen LogP contribution is -2.14. The number of nitrogens with two attached hydrogens (primary N) is 1. The summed E-state index contributed by atoms with van der Waals surface area (Å²) >= 11 is 0. The first-order valence-corrected chi connectivity index (χ1v) is 22.6. The highest BCUT2D eigenvalue weighted by atomic mass is 19.4. The number of nitrogens with zero attached hydrogens (tertiary/aromatic N) is 4. The molecule has 19 heteroatoms. The van der Waals surface area contributed by atoms with Gasteiger partial charge in [0.25, 0.3) is 0 Å². The Labute approximate surface area is 411 Å². The molecule has 0 spiro atoms. The number of primary amides is 1. The lowest BCUT2D eigenvalue weighted by atomic mass is 9.96. The monoisotopic (exact) mass is 986 g/mol. The number of carbonyl (C=O) groups excluding carboxylic acids is 5. The molecule has 4 N–H and O–H groups in total. The van der Waals surface area contributed by atoms with Crippen LogP contribution >= 0.6 is 0 Å². The number of amides is 2. The number of benzene rings is 6. The van der Waals surface area contributed by atoms with Gasteiger partial charge in [0, 0.05) is 11.1 Å². The van der Waals surface area contributed by atoms with Crippen LogP contribution in [0.5, 0.6) is 23.0 Å². The molecule has 72 heavy (non-hydrogen) atoms. The number of aromatic hydroxyl groups is 1. The summed E-state index contributed by atoms with van der Waals surface area (Å²) in [7, 11) is 0. The zero-order valence-corrected chi connectivity index (χ0v) is 39.3. The molecule has 372 valence electrons. The quantitative estimate of drug-likeness (QED) is 0.0191. The predicted octanol–water partition coefficient (Wildman–Crippen LogP) is 12.9. The van der Waals surface area contributed by atoms with Crippen LogP contribution in [0.1, 0.15) is 88.2 Å². The first-order valence-electron chi connectivity index (χ1n) is 22.6. The second-order valence-corrected chi connectivity index (χ2v) is 16.2. The van der Waals surface area contributed by atoms with Crippen molar-refractivity contribution in [2.24, 2.45) is 32.1 Å². The number of ether oxygens (including phenoxy) is 4. The van der Waals surface area contributed by atoms with Crippen molar-refractivity contribution in [1.82, 2.24) is 0 Å². The maximum Gasteiger partial charge on any atom is 0.420 e. The SMILES string of the molecule is CCC(C)C(=O)OCCCCCCOc1ccc(C(=O)Oc2ccc(N=Nc3ccc(-c4ccc(N=Nc5ccc(OC(=O)c6ccc(O)cc6)c(C(F)(F)F)c5)cc4NC=O)c(C(N)=O)c3)cc2C)cc1. The van der Waals surface area contributed by atoms with Crippen molar-refractivity contribution in [1.29, 1.82) is 0 Å². The third-order valence-electron chi connectivity index (χ3n) is 10.9. The smallest absolute Gasteiger partial charge is 0.420 e. The van der Waals surface area contributed by atoms with Crippen LogP contribution in [-0.4, -0.2) is 48.5 Å². The summed E-state index contributed by atoms with van der Waals surface area (Å²) in [5.41, 5.74) is 6.64. The molecule has 0 radical (unpaired) electrons. The number of halogens is 3. The predicted molar refractivity (Wildman–Crippen MR) is 260 cm³/mol. The molecule has 0 aromatic heterocycles. The fourth-order valence-electron chi connectivity index (χ4n) is 6.81. The molecule has 6 aromatic carbocycles. The minimum absolute atomic E-state index is 0.0173.